The maximum absolute atomic E-state index is 5.50. The Hall–Kier alpha value is -1.49. The molecule has 0 spiro atoms. The van der Waals surface area contributed by atoms with Crippen molar-refractivity contribution in [2.45, 2.75) is 58.9 Å². The molecule has 0 radical (unpaired) electrons. The number of anilines is 1. The Morgan fingerprint density at radius 1 is 1.08 bits per heavy atom. The van der Waals surface area contributed by atoms with E-state index in [2.05, 4.69) is 31.4 Å². The Morgan fingerprint density at radius 2 is 1.64 bits per heavy atom. The Kier molecular flexibility index (Phi) is 6.94. The molecule has 1 aliphatic carbocycles. The number of thiocarbonyl (C=S) groups is 1. The summed E-state index contributed by atoms with van der Waals surface area (Å²) in [6.45, 7) is 7.09. The van der Waals surface area contributed by atoms with E-state index in [1.807, 2.05) is 18.2 Å². The van der Waals surface area contributed by atoms with Crippen LogP contribution in [0.4, 0.5) is 5.69 Å². The molecule has 2 N–H and O–H groups in total. The van der Waals surface area contributed by atoms with E-state index >= 15 is 0 Å². The molecule has 0 amide bonds. The first kappa shape index (κ1) is 19.8. The third kappa shape index (κ3) is 5.50. The topological polar surface area (TPSA) is 42.5 Å². The number of methoxy groups -OCH3 is 2. The molecule has 1 aromatic rings. The molecule has 25 heavy (non-hydrogen) atoms. The number of rotatable bonds is 6. The van der Waals surface area contributed by atoms with Gasteiger partial charge >= 0.3 is 0 Å². The minimum absolute atomic E-state index is 0.445. The van der Waals surface area contributed by atoms with Crippen molar-refractivity contribution < 1.29 is 9.47 Å². The monoisotopic (exact) mass is 364 g/mol. The van der Waals surface area contributed by atoms with Gasteiger partial charge in [-0.2, -0.15) is 0 Å². The molecule has 0 aliphatic heterocycles. The largest absolute Gasteiger partial charge is 0.497 e. The molecule has 4 nitrogen and oxygen atoms in total. The predicted octanol–water partition coefficient (Wildman–Crippen LogP) is 4.99. The van der Waals surface area contributed by atoms with Crippen LogP contribution in [0.15, 0.2) is 18.2 Å². The summed E-state index contributed by atoms with van der Waals surface area (Å²) >= 11 is 5.50. The van der Waals surface area contributed by atoms with Crippen molar-refractivity contribution in [2.75, 3.05) is 19.5 Å². The Balaban J connectivity index is 1.87. The summed E-state index contributed by atoms with van der Waals surface area (Å²) in [7, 11) is 3.29. The summed E-state index contributed by atoms with van der Waals surface area (Å²) in [6, 6.07) is 6.13. The predicted molar refractivity (Wildman–Crippen MR) is 109 cm³/mol. The third-order valence-corrected chi connectivity index (χ3v) is 5.91. The van der Waals surface area contributed by atoms with Gasteiger partial charge < -0.3 is 20.1 Å². The molecule has 1 fully saturated rings. The minimum atomic E-state index is 0.445. The average Bonchev–Trinajstić information content (AvgIpc) is 2.61. The third-order valence-electron chi connectivity index (χ3n) is 5.69. The average molecular weight is 365 g/mol. The fourth-order valence-corrected chi connectivity index (χ4v) is 3.82. The van der Waals surface area contributed by atoms with Crippen LogP contribution in [0, 0.1) is 11.3 Å². The van der Waals surface area contributed by atoms with Gasteiger partial charge in [-0.25, -0.2) is 0 Å². The fraction of sp³-hybridized carbons (Fsp3) is 0.650. The standard InChI is InChI=1S/C20H32N2O2S/c1-6-20(2,3)14-7-9-15(10-8-14)21-19(25)22-16-11-17(23-4)13-18(12-16)24-5/h11-15H,6-10H2,1-5H3,(H2,21,22,25). The van der Waals surface area contributed by atoms with Crippen molar-refractivity contribution >= 4 is 23.0 Å². The molecule has 1 saturated carbocycles. The first-order chi connectivity index (χ1) is 11.9. The maximum atomic E-state index is 5.50. The van der Waals surface area contributed by atoms with Gasteiger partial charge in [0.2, 0.25) is 0 Å². The van der Waals surface area contributed by atoms with Gasteiger partial charge in [-0.05, 0) is 49.2 Å². The van der Waals surface area contributed by atoms with E-state index in [9.17, 15) is 0 Å². The van der Waals surface area contributed by atoms with Gasteiger partial charge in [0.15, 0.2) is 5.11 Å². The van der Waals surface area contributed by atoms with Crippen LogP contribution < -0.4 is 20.1 Å². The summed E-state index contributed by atoms with van der Waals surface area (Å²) < 4.78 is 10.6. The van der Waals surface area contributed by atoms with Crippen molar-refractivity contribution in [2.24, 2.45) is 11.3 Å². The van der Waals surface area contributed by atoms with Crippen molar-refractivity contribution in [1.29, 1.82) is 0 Å². The lowest BCUT2D eigenvalue weighted by Crippen LogP contribution is -2.41. The van der Waals surface area contributed by atoms with Crippen LogP contribution in [0.1, 0.15) is 52.9 Å². The lowest BCUT2D eigenvalue weighted by Gasteiger charge is -2.39. The van der Waals surface area contributed by atoms with Crippen LogP contribution >= 0.6 is 12.2 Å². The van der Waals surface area contributed by atoms with E-state index in [-0.39, 0.29) is 0 Å². The smallest absolute Gasteiger partial charge is 0.170 e. The highest BCUT2D eigenvalue weighted by Crippen LogP contribution is 2.40. The van der Waals surface area contributed by atoms with Crippen LogP contribution in [-0.2, 0) is 0 Å². The first-order valence-corrected chi connectivity index (χ1v) is 9.59. The molecule has 0 aromatic heterocycles. The zero-order valence-corrected chi connectivity index (χ0v) is 17.0. The Bertz CT molecular complexity index is 559. The summed E-state index contributed by atoms with van der Waals surface area (Å²) in [5, 5.41) is 7.38. The van der Waals surface area contributed by atoms with Crippen LogP contribution in [0.25, 0.3) is 0 Å². The molecule has 0 unspecified atom stereocenters. The number of nitrogens with one attached hydrogen (secondary N) is 2. The zero-order chi connectivity index (χ0) is 18.4. The molecular formula is C20H32N2O2S. The van der Waals surface area contributed by atoms with Crippen LogP contribution in [0.2, 0.25) is 0 Å². The summed E-state index contributed by atoms with van der Waals surface area (Å²) in [6.07, 6.45) is 6.14. The van der Waals surface area contributed by atoms with E-state index in [1.165, 1.54) is 32.1 Å². The molecular weight excluding hydrogens is 332 g/mol. The quantitative estimate of drug-likeness (QED) is 0.697. The van der Waals surface area contributed by atoms with Crippen LogP contribution in [-0.4, -0.2) is 25.4 Å². The normalized spacial score (nSPS) is 20.7. The van der Waals surface area contributed by atoms with Gasteiger partial charge in [-0.15, -0.1) is 0 Å². The molecule has 0 bridgehead atoms. The van der Waals surface area contributed by atoms with Gasteiger partial charge in [0, 0.05) is 29.9 Å². The number of ether oxygens (including phenoxy) is 2. The molecule has 0 saturated heterocycles. The lowest BCUT2D eigenvalue weighted by atomic mass is 9.69. The lowest BCUT2D eigenvalue weighted by molar-refractivity contribution is 0.141. The fourth-order valence-electron chi connectivity index (χ4n) is 3.54. The molecule has 0 atom stereocenters. The van der Waals surface area contributed by atoms with Crippen molar-refractivity contribution in [3.63, 3.8) is 0 Å². The highest BCUT2D eigenvalue weighted by molar-refractivity contribution is 7.80. The second-order valence-electron chi connectivity index (χ2n) is 7.59. The number of benzene rings is 1. The van der Waals surface area contributed by atoms with E-state index in [0.717, 1.165) is 23.1 Å². The molecule has 2 rings (SSSR count). The van der Waals surface area contributed by atoms with Crippen molar-refractivity contribution in [1.82, 2.24) is 5.32 Å². The first-order valence-electron chi connectivity index (χ1n) is 9.18. The number of hydrogen-bond acceptors (Lipinski definition) is 3. The minimum Gasteiger partial charge on any atom is -0.497 e. The van der Waals surface area contributed by atoms with E-state index < -0.39 is 0 Å². The highest BCUT2D eigenvalue weighted by atomic mass is 32.1. The molecule has 5 heteroatoms. The molecule has 140 valence electrons. The van der Waals surface area contributed by atoms with Gasteiger partial charge in [0.05, 0.1) is 14.2 Å². The van der Waals surface area contributed by atoms with Gasteiger partial charge in [-0.3, -0.25) is 0 Å². The Labute approximate surface area is 157 Å². The van der Waals surface area contributed by atoms with E-state index in [1.54, 1.807) is 14.2 Å². The SMILES string of the molecule is CCC(C)(C)C1CCC(NC(=S)Nc2cc(OC)cc(OC)c2)CC1. The zero-order valence-electron chi connectivity index (χ0n) is 16.1. The summed E-state index contributed by atoms with van der Waals surface area (Å²) in [4.78, 5) is 0. The van der Waals surface area contributed by atoms with Gasteiger partial charge in [0.1, 0.15) is 11.5 Å². The molecule has 1 aliphatic rings. The maximum Gasteiger partial charge on any atom is 0.170 e. The highest BCUT2D eigenvalue weighted by Gasteiger charge is 2.31. The molecule has 0 heterocycles. The second kappa shape index (κ2) is 8.75. The van der Waals surface area contributed by atoms with Crippen molar-refractivity contribution in [3.05, 3.63) is 18.2 Å². The van der Waals surface area contributed by atoms with Gasteiger partial charge in [-0.1, -0.05) is 27.2 Å². The van der Waals surface area contributed by atoms with Gasteiger partial charge in [0.25, 0.3) is 0 Å². The van der Waals surface area contributed by atoms with Crippen LogP contribution in [0.3, 0.4) is 0 Å². The number of hydrogen-bond donors (Lipinski definition) is 2. The Morgan fingerprint density at radius 3 is 2.12 bits per heavy atom. The summed E-state index contributed by atoms with van der Waals surface area (Å²) in [5.41, 5.74) is 1.32. The second-order valence-corrected chi connectivity index (χ2v) is 8.00. The summed E-state index contributed by atoms with van der Waals surface area (Å²) in [5.74, 6) is 2.30. The van der Waals surface area contributed by atoms with E-state index in [0.29, 0.717) is 16.6 Å². The van der Waals surface area contributed by atoms with Crippen molar-refractivity contribution in [3.8, 4) is 11.5 Å². The van der Waals surface area contributed by atoms with E-state index in [4.69, 9.17) is 21.7 Å². The van der Waals surface area contributed by atoms with Crippen LogP contribution in [0.5, 0.6) is 11.5 Å². The molecule has 1 aromatic carbocycles.